The Labute approximate surface area is 153 Å². The van der Waals surface area contributed by atoms with E-state index in [1.807, 2.05) is 4.90 Å². The summed E-state index contributed by atoms with van der Waals surface area (Å²) in [7, 11) is 0. The second-order valence-electron chi connectivity index (χ2n) is 6.91. The lowest BCUT2D eigenvalue weighted by Gasteiger charge is -2.34. The molecule has 4 rings (SSSR count). The smallest absolute Gasteiger partial charge is 0.338 e. The minimum absolute atomic E-state index is 0.168. The summed E-state index contributed by atoms with van der Waals surface area (Å²) in [5.74, 6) is 0.841. The molecule has 5 nitrogen and oxygen atoms in total. The molecule has 0 amide bonds. The van der Waals surface area contributed by atoms with Crippen molar-refractivity contribution < 1.29 is 13.2 Å². The topological polar surface area (TPSA) is 45.2 Å². The van der Waals surface area contributed by atoms with Crippen molar-refractivity contribution in [1.29, 1.82) is 0 Å². The van der Waals surface area contributed by atoms with Crippen LogP contribution >= 0.6 is 11.3 Å². The van der Waals surface area contributed by atoms with Gasteiger partial charge >= 0.3 is 6.18 Å². The van der Waals surface area contributed by atoms with E-state index in [4.69, 9.17) is 4.98 Å². The molecule has 2 fully saturated rings. The first-order valence-electron chi connectivity index (χ1n) is 8.73. The fourth-order valence-electron chi connectivity index (χ4n) is 3.09. The van der Waals surface area contributed by atoms with Gasteiger partial charge in [-0.15, -0.1) is 11.3 Å². The number of nitrogens with zero attached hydrogens (tertiary/aromatic N) is 5. The van der Waals surface area contributed by atoms with Gasteiger partial charge in [0.15, 0.2) is 0 Å². The fourth-order valence-corrected chi connectivity index (χ4v) is 4.07. The number of piperazine rings is 1. The SMILES string of the molecule is Cc1cc(C(F)(F)F)nc(N2CCN(Cc3csc(C4CC4)n3)CC2)n1. The largest absolute Gasteiger partial charge is 0.433 e. The summed E-state index contributed by atoms with van der Waals surface area (Å²) in [4.78, 5) is 16.7. The van der Waals surface area contributed by atoms with E-state index >= 15 is 0 Å². The number of rotatable bonds is 4. The second kappa shape index (κ2) is 6.77. The molecule has 0 N–H and O–H groups in total. The molecule has 0 radical (unpaired) electrons. The molecule has 1 saturated heterocycles. The van der Waals surface area contributed by atoms with Gasteiger partial charge in [0.25, 0.3) is 0 Å². The molecule has 2 aromatic rings. The quantitative estimate of drug-likeness (QED) is 0.809. The first kappa shape index (κ1) is 17.7. The van der Waals surface area contributed by atoms with Crippen molar-refractivity contribution in [1.82, 2.24) is 19.9 Å². The Hall–Kier alpha value is -1.74. The first-order valence-corrected chi connectivity index (χ1v) is 9.61. The highest BCUT2D eigenvalue weighted by atomic mass is 32.1. The van der Waals surface area contributed by atoms with Gasteiger partial charge in [-0.05, 0) is 25.8 Å². The van der Waals surface area contributed by atoms with E-state index in [0.717, 1.165) is 31.4 Å². The molecule has 0 unspecified atom stereocenters. The molecule has 1 aliphatic heterocycles. The fraction of sp³-hybridized carbons (Fsp3) is 0.588. The summed E-state index contributed by atoms with van der Waals surface area (Å²) in [5, 5.41) is 3.37. The van der Waals surface area contributed by atoms with Crippen LogP contribution in [0.25, 0.3) is 0 Å². The minimum atomic E-state index is -4.45. The van der Waals surface area contributed by atoms with Crippen LogP contribution in [0.4, 0.5) is 19.1 Å². The van der Waals surface area contributed by atoms with Gasteiger partial charge in [-0.3, -0.25) is 4.90 Å². The zero-order chi connectivity index (χ0) is 18.3. The van der Waals surface area contributed by atoms with Crippen molar-refractivity contribution in [2.75, 3.05) is 31.1 Å². The molecule has 0 aromatic carbocycles. The van der Waals surface area contributed by atoms with Gasteiger partial charge in [0.1, 0.15) is 5.69 Å². The molecule has 2 aromatic heterocycles. The Kier molecular flexibility index (Phi) is 4.60. The second-order valence-corrected chi connectivity index (χ2v) is 7.80. The molecule has 2 aliphatic rings. The third kappa shape index (κ3) is 3.98. The van der Waals surface area contributed by atoms with E-state index in [-0.39, 0.29) is 5.95 Å². The Balaban J connectivity index is 1.37. The molecule has 1 saturated carbocycles. The monoisotopic (exact) mass is 383 g/mol. The molecular weight excluding hydrogens is 363 g/mol. The summed E-state index contributed by atoms with van der Waals surface area (Å²) in [6, 6.07) is 0.986. The van der Waals surface area contributed by atoms with Crippen molar-refractivity contribution in [2.24, 2.45) is 0 Å². The van der Waals surface area contributed by atoms with E-state index in [1.54, 1.807) is 18.3 Å². The number of aromatic nitrogens is 3. The van der Waals surface area contributed by atoms with Gasteiger partial charge in [0, 0.05) is 49.7 Å². The van der Waals surface area contributed by atoms with Crippen LogP contribution in [0, 0.1) is 6.92 Å². The molecule has 0 bridgehead atoms. The van der Waals surface area contributed by atoms with Crippen molar-refractivity contribution >= 4 is 17.3 Å². The van der Waals surface area contributed by atoms with Gasteiger partial charge in [-0.2, -0.15) is 13.2 Å². The van der Waals surface area contributed by atoms with Crippen LogP contribution in [-0.4, -0.2) is 46.0 Å². The van der Waals surface area contributed by atoms with E-state index in [2.05, 4.69) is 20.2 Å². The van der Waals surface area contributed by atoms with Gasteiger partial charge in [-0.25, -0.2) is 15.0 Å². The molecule has 0 atom stereocenters. The number of aryl methyl sites for hydroxylation is 1. The van der Waals surface area contributed by atoms with Crippen LogP contribution in [0.3, 0.4) is 0 Å². The van der Waals surface area contributed by atoms with E-state index in [0.29, 0.717) is 24.7 Å². The summed E-state index contributed by atoms with van der Waals surface area (Å²) in [5.41, 5.74) is 0.550. The van der Waals surface area contributed by atoms with E-state index in [9.17, 15) is 13.2 Å². The predicted octanol–water partition coefficient (Wildman–Crippen LogP) is 3.46. The van der Waals surface area contributed by atoms with Gasteiger partial charge in [0.05, 0.1) is 10.7 Å². The molecule has 3 heterocycles. The lowest BCUT2D eigenvalue weighted by Crippen LogP contribution is -2.46. The summed E-state index contributed by atoms with van der Waals surface area (Å²) in [6.07, 6.45) is -1.95. The van der Waals surface area contributed by atoms with Gasteiger partial charge in [0.2, 0.25) is 5.95 Å². The van der Waals surface area contributed by atoms with Crippen LogP contribution in [0.15, 0.2) is 11.4 Å². The Morgan fingerprint density at radius 2 is 1.85 bits per heavy atom. The van der Waals surface area contributed by atoms with Crippen LogP contribution in [-0.2, 0) is 12.7 Å². The molecule has 1 aliphatic carbocycles. The van der Waals surface area contributed by atoms with Crippen LogP contribution in [0.5, 0.6) is 0 Å². The van der Waals surface area contributed by atoms with Crippen molar-refractivity contribution in [3.8, 4) is 0 Å². The highest BCUT2D eigenvalue weighted by Crippen LogP contribution is 2.41. The highest BCUT2D eigenvalue weighted by Gasteiger charge is 2.34. The van der Waals surface area contributed by atoms with E-state index < -0.39 is 11.9 Å². The lowest BCUT2D eigenvalue weighted by molar-refractivity contribution is -0.141. The summed E-state index contributed by atoms with van der Waals surface area (Å²) >= 11 is 1.74. The van der Waals surface area contributed by atoms with Crippen molar-refractivity contribution in [3.63, 3.8) is 0 Å². The van der Waals surface area contributed by atoms with Crippen LogP contribution in [0.1, 0.15) is 40.8 Å². The first-order chi connectivity index (χ1) is 12.4. The average Bonchev–Trinajstić information content (AvgIpc) is 3.34. The number of anilines is 1. The zero-order valence-corrected chi connectivity index (χ0v) is 15.3. The standard InChI is InChI=1S/C17H20F3N5S/c1-11-8-14(17(18,19)20)23-16(21-11)25-6-4-24(5-7-25)9-13-10-26-15(22-13)12-2-3-12/h8,10,12H,2-7,9H2,1H3. The van der Waals surface area contributed by atoms with Gasteiger partial charge < -0.3 is 4.90 Å². The molecule has 0 spiro atoms. The Morgan fingerprint density at radius 3 is 2.50 bits per heavy atom. The Morgan fingerprint density at radius 1 is 1.12 bits per heavy atom. The molecule has 140 valence electrons. The van der Waals surface area contributed by atoms with Gasteiger partial charge in [-0.1, -0.05) is 0 Å². The maximum Gasteiger partial charge on any atom is 0.433 e. The lowest BCUT2D eigenvalue weighted by atomic mass is 10.3. The minimum Gasteiger partial charge on any atom is -0.338 e. The highest BCUT2D eigenvalue weighted by molar-refractivity contribution is 7.09. The molecular formula is C17H20F3N5S. The summed E-state index contributed by atoms with van der Waals surface area (Å²) < 4.78 is 38.9. The maximum absolute atomic E-state index is 13.0. The third-order valence-corrected chi connectivity index (χ3v) is 5.73. The van der Waals surface area contributed by atoms with E-state index in [1.165, 1.54) is 17.8 Å². The van der Waals surface area contributed by atoms with Crippen LogP contribution < -0.4 is 4.90 Å². The third-order valence-electron chi connectivity index (χ3n) is 4.67. The summed E-state index contributed by atoms with van der Waals surface area (Å²) in [6.45, 7) is 5.10. The number of hydrogen-bond acceptors (Lipinski definition) is 6. The normalized spacial score (nSPS) is 19.2. The predicted molar refractivity (Wildman–Crippen MR) is 93.4 cm³/mol. The molecule has 9 heteroatoms. The Bertz CT molecular complexity index is 779. The average molecular weight is 383 g/mol. The van der Waals surface area contributed by atoms with Crippen LogP contribution in [0.2, 0.25) is 0 Å². The maximum atomic E-state index is 13.0. The number of thiazole rings is 1. The van der Waals surface area contributed by atoms with Crippen molar-refractivity contribution in [3.05, 3.63) is 33.5 Å². The molecule has 26 heavy (non-hydrogen) atoms. The van der Waals surface area contributed by atoms with Crippen molar-refractivity contribution in [2.45, 2.75) is 38.4 Å². The number of halogens is 3. The zero-order valence-electron chi connectivity index (χ0n) is 14.5. The number of alkyl halides is 3. The number of hydrogen-bond donors (Lipinski definition) is 0.